The van der Waals surface area contributed by atoms with E-state index in [9.17, 15) is 0 Å². The van der Waals surface area contributed by atoms with Crippen LogP contribution in [0.1, 0.15) is 0 Å². The fraction of sp³-hybridized carbons (Fsp3) is 1.00. The van der Waals surface area contributed by atoms with Crippen molar-refractivity contribution >= 4 is 20.0 Å². The molecule has 0 spiro atoms. The molecule has 0 saturated carbocycles. The average Bonchev–Trinajstić information content (AvgIpc) is 1.96. The van der Waals surface area contributed by atoms with E-state index in [0.717, 1.165) is 0 Å². The van der Waals surface area contributed by atoms with E-state index < -0.39 is 9.53 Å². The minimum absolute atomic E-state index is 0.306. The maximum atomic E-state index is 7.14. The van der Waals surface area contributed by atoms with Crippen molar-refractivity contribution in [3.05, 3.63) is 0 Å². The van der Waals surface area contributed by atoms with Gasteiger partial charge in [0.1, 0.15) is 10.5 Å². The molecule has 0 aliphatic carbocycles. The minimum atomic E-state index is -1.67. The van der Waals surface area contributed by atoms with Gasteiger partial charge < -0.3 is 18.1 Å². The van der Waals surface area contributed by atoms with Crippen LogP contribution < -0.4 is 0 Å². The Morgan fingerprint density at radius 2 is 1.22 bits per heavy atom. The van der Waals surface area contributed by atoms with Crippen molar-refractivity contribution in [1.82, 2.24) is 0 Å². The van der Waals surface area contributed by atoms with Crippen LogP contribution in [0.15, 0.2) is 0 Å². The largest absolute Gasteiger partial charge is 0.483 e. The second-order valence-corrected chi connectivity index (χ2v) is 2.99. The predicted octanol–water partition coefficient (Wildman–Crippen LogP) is -2.10. The molecule has 0 unspecified atom stereocenters. The molecule has 6 heteroatoms. The fourth-order valence-corrected chi connectivity index (χ4v) is 0.866. The van der Waals surface area contributed by atoms with Crippen LogP contribution in [0.3, 0.4) is 0 Å². The molecule has 0 aromatic carbocycles. The number of hydrogen-bond acceptors (Lipinski definition) is 4. The van der Waals surface area contributed by atoms with E-state index in [1.807, 2.05) is 0 Å². The highest BCUT2D eigenvalue weighted by Crippen LogP contribution is 1.81. The van der Waals surface area contributed by atoms with Gasteiger partial charge in [-0.25, -0.2) is 0 Å². The summed E-state index contributed by atoms with van der Waals surface area (Å²) in [5.41, 5.74) is 0. The van der Waals surface area contributed by atoms with Crippen LogP contribution in [-0.4, -0.2) is 46.1 Å². The van der Waals surface area contributed by atoms with Gasteiger partial charge in [0, 0.05) is 21.3 Å². The molecule has 0 fully saturated rings. The van der Waals surface area contributed by atoms with Gasteiger partial charge in [-0.3, -0.25) is 0 Å². The molecule has 0 aromatic rings. The van der Waals surface area contributed by atoms with Crippen LogP contribution in [0.25, 0.3) is 0 Å². The number of rotatable bonds is 3. The van der Waals surface area contributed by atoms with Gasteiger partial charge in [-0.15, -0.1) is 0 Å². The molecule has 9 heavy (non-hydrogen) atoms. The Hall–Kier alpha value is 0.274. The predicted molar refractivity (Wildman–Crippen MR) is 40.3 cm³/mol. The molecule has 0 amide bonds. The van der Waals surface area contributed by atoms with Crippen molar-refractivity contribution < 1.29 is 18.1 Å². The fourth-order valence-electron chi connectivity index (χ4n) is 0.289. The zero-order chi connectivity index (χ0) is 7.70. The first-order valence-electron chi connectivity index (χ1n) is 2.38. The van der Waals surface area contributed by atoms with E-state index in [-0.39, 0.29) is 0 Å². The Bertz CT molecular complexity index is 35.3. The summed E-state index contributed by atoms with van der Waals surface area (Å²) in [6.45, 7) is 0. The molecule has 58 valence electrons. The van der Waals surface area contributed by atoms with Gasteiger partial charge >= 0.3 is 9.53 Å². The van der Waals surface area contributed by atoms with Crippen molar-refractivity contribution in [3.63, 3.8) is 0 Å². The second-order valence-electron chi connectivity index (χ2n) is 0.996. The number of hydrogen-bond donors (Lipinski definition) is 1. The SMILES string of the molecule is CO[SiH](OC)OC.O[SiH3]. The van der Waals surface area contributed by atoms with Crippen LogP contribution in [-0.2, 0) is 13.3 Å². The van der Waals surface area contributed by atoms with Gasteiger partial charge in [-0.05, 0) is 0 Å². The summed E-state index contributed by atoms with van der Waals surface area (Å²) in [7, 11) is 3.35. The zero-order valence-corrected chi connectivity index (χ0v) is 9.40. The van der Waals surface area contributed by atoms with Crippen LogP contribution >= 0.6 is 0 Å². The van der Waals surface area contributed by atoms with Crippen molar-refractivity contribution in [2.45, 2.75) is 0 Å². The first-order chi connectivity index (χ1) is 4.35. The Kier molecular flexibility index (Phi) is 14.8. The first-order valence-corrected chi connectivity index (χ1v) is 4.69. The van der Waals surface area contributed by atoms with Gasteiger partial charge in [-0.2, -0.15) is 0 Å². The van der Waals surface area contributed by atoms with Crippen LogP contribution in [0.2, 0.25) is 0 Å². The molecular weight excluding hydrogens is 156 g/mol. The molecule has 0 heterocycles. The van der Waals surface area contributed by atoms with Crippen molar-refractivity contribution in [2.24, 2.45) is 0 Å². The van der Waals surface area contributed by atoms with Crippen LogP contribution in [0, 0.1) is 0 Å². The lowest BCUT2D eigenvalue weighted by Crippen LogP contribution is -2.21. The molecular formula is C3H14O4Si2. The lowest BCUT2D eigenvalue weighted by Gasteiger charge is -2.05. The van der Waals surface area contributed by atoms with Crippen molar-refractivity contribution in [3.8, 4) is 0 Å². The third-order valence-electron chi connectivity index (χ3n) is 0.577. The second kappa shape index (κ2) is 11.1. The summed E-state index contributed by atoms with van der Waals surface area (Å²) >= 11 is 0. The molecule has 0 atom stereocenters. The normalized spacial score (nSPS) is 9.00. The van der Waals surface area contributed by atoms with Crippen molar-refractivity contribution in [2.75, 3.05) is 21.3 Å². The minimum Gasteiger partial charge on any atom is -0.442 e. The zero-order valence-electron chi connectivity index (χ0n) is 6.25. The van der Waals surface area contributed by atoms with E-state index in [0.29, 0.717) is 10.5 Å². The molecule has 0 aliphatic heterocycles. The lowest BCUT2D eigenvalue weighted by molar-refractivity contribution is 0.163. The summed E-state index contributed by atoms with van der Waals surface area (Å²) < 4.78 is 14.2. The van der Waals surface area contributed by atoms with E-state index in [1.54, 1.807) is 21.3 Å². The smallest absolute Gasteiger partial charge is 0.442 e. The van der Waals surface area contributed by atoms with Gasteiger partial charge in [0.15, 0.2) is 0 Å². The maximum Gasteiger partial charge on any atom is 0.483 e. The Morgan fingerprint density at radius 1 is 1.00 bits per heavy atom. The van der Waals surface area contributed by atoms with Gasteiger partial charge in [-0.1, -0.05) is 0 Å². The van der Waals surface area contributed by atoms with E-state index in [2.05, 4.69) is 0 Å². The average molecular weight is 170 g/mol. The van der Waals surface area contributed by atoms with Crippen LogP contribution in [0.5, 0.6) is 0 Å². The first kappa shape index (κ1) is 12.0. The van der Waals surface area contributed by atoms with Gasteiger partial charge in [0.2, 0.25) is 0 Å². The summed E-state index contributed by atoms with van der Waals surface area (Å²) in [5, 5.41) is 0. The molecule has 0 saturated heterocycles. The van der Waals surface area contributed by atoms with Gasteiger partial charge in [0.05, 0.1) is 0 Å². The van der Waals surface area contributed by atoms with Crippen LogP contribution in [0.4, 0.5) is 0 Å². The molecule has 0 aliphatic rings. The summed E-state index contributed by atoms with van der Waals surface area (Å²) in [5.74, 6) is 0. The maximum absolute atomic E-state index is 7.14. The Morgan fingerprint density at radius 3 is 1.22 bits per heavy atom. The Balaban J connectivity index is 0. The molecule has 0 bridgehead atoms. The highest BCUT2D eigenvalue weighted by atomic mass is 28.3. The van der Waals surface area contributed by atoms with Crippen molar-refractivity contribution in [1.29, 1.82) is 0 Å². The lowest BCUT2D eigenvalue weighted by atomic mass is 11.8. The Labute approximate surface area is 60.3 Å². The quantitative estimate of drug-likeness (QED) is 0.493. The highest BCUT2D eigenvalue weighted by molar-refractivity contribution is 6.36. The molecule has 4 nitrogen and oxygen atoms in total. The molecule has 0 radical (unpaired) electrons. The molecule has 1 N–H and O–H groups in total. The van der Waals surface area contributed by atoms with E-state index in [1.165, 1.54) is 0 Å². The summed E-state index contributed by atoms with van der Waals surface area (Å²) in [6, 6.07) is 0. The summed E-state index contributed by atoms with van der Waals surface area (Å²) in [4.78, 5) is 7.14. The van der Waals surface area contributed by atoms with E-state index >= 15 is 0 Å². The third kappa shape index (κ3) is 8.27. The molecule has 0 aromatic heterocycles. The highest BCUT2D eigenvalue weighted by Gasteiger charge is 2.04. The third-order valence-corrected chi connectivity index (χ3v) is 1.73. The van der Waals surface area contributed by atoms with Gasteiger partial charge in [0.25, 0.3) is 0 Å². The monoisotopic (exact) mass is 170 g/mol. The molecule has 0 rings (SSSR count). The standard InChI is InChI=1S/C3H10O3Si.H4OSi/c1-4-7(5-2)6-3;1-2/h7H,1-3H3;1H,2H3. The van der Waals surface area contributed by atoms with E-state index in [4.69, 9.17) is 18.1 Å². The topological polar surface area (TPSA) is 47.9 Å². The summed E-state index contributed by atoms with van der Waals surface area (Å²) in [6.07, 6.45) is 0.